The molecule has 0 aliphatic carbocycles. The average Bonchev–Trinajstić information content (AvgIpc) is 2.53. The number of aromatic nitrogens is 1. The Hall–Kier alpha value is -2.95. The highest BCUT2D eigenvalue weighted by atomic mass is 16.3. The summed E-state index contributed by atoms with van der Waals surface area (Å²) in [4.78, 5) is 23.2. The van der Waals surface area contributed by atoms with Crippen LogP contribution in [0.25, 0.3) is 10.9 Å². The van der Waals surface area contributed by atoms with Crippen molar-refractivity contribution in [1.82, 2.24) is 4.57 Å². The van der Waals surface area contributed by atoms with Gasteiger partial charge in [-0.05, 0) is 36.4 Å². The molecule has 0 fully saturated rings. The fraction of sp³-hybridized carbons (Fsp3) is 0.118. The van der Waals surface area contributed by atoms with Gasteiger partial charge in [-0.25, -0.2) is 0 Å². The van der Waals surface area contributed by atoms with Crippen molar-refractivity contribution in [2.45, 2.75) is 6.92 Å². The third-order valence-electron chi connectivity index (χ3n) is 3.68. The predicted molar refractivity (Wildman–Crippen MR) is 89.1 cm³/mol. The molecule has 0 saturated heterocycles. The van der Waals surface area contributed by atoms with E-state index >= 15 is 0 Å². The maximum absolute atomic E-state index is 11.8. The number of rotatable bonds is 3. The lowest BCUT2D eigenvalue weighted by atomic mass is 10.1. The van der Waals surface area contributed by atoms with E-state index in [0.29, 0.717) is 11.2 Å². The van der Waals surface area contributed by atoms with Crippen LogP contribution in [0.3, 0.4) is 0 Å². The summed E-state index contributed by atoms with van der Waals surface area (Å²) in [6, 6.07) is 14.6. The van der Waals surface area contributed by atoms with E-state index in [-0.39, 0.29) is 11.2 Å². The number of hydrogen-bond acceptors (Lipinski definition) is 4. The highest BCUT2D eigenvalue weighted by molar-refractivity contribution is 5.96. The number of pyridine rings is 1. The van der Waals surface area contributed by atoms with Crippen molar-refractivity contribution < 1.29 is 0 Å². The minimum absolute atomic E-state index is 0.176. The van der Waals surface area contributed by atoms with Crippen LogP contribution in [-0.4, -0.2) is 4.57 Å². The van der Waals surface area contributed by atoms with Crippen LogP contribution in [0.2, 0.25) is 0 Å². The normalized spacial score (nSPS) is 10.6. The molecule has 110 valence electrons. The van der Waals surface area contributed by atoms with Gasteiger partial charge in [0, 0.05) is 24.2 Å². The Balaban J connectivity index is 2.18. The molecular formula is C17H15N3O2. The highest BCUT2D eigenvalue weighted by Crippen LogP contribution is 2.34. The third kappa shape index (κ3) is 2.37. The first-order chi connectivity index (χ1) is 10.6. The first-order valence-electron chi connectivity index (χ1n) is 6.90. The molecule has 5 heteroatoms. The molecular weight excluding hydrogens is 278 g/mol. The van der Waals surface area contributed by atoms with Crippen LogP contribution in [0.4, 0.5) is 17.1 Å². The third-order valence-corrected chi connectivity index (χ3v) is 3.68. The summed E-state index contributed by atoms with van der Waals surface area (Å²) in [5.41, 5.74) is 3.17. The van der Waals surface area contributed by atoms with Crippen LogP contribution in [0.1, 0.15) is 5.56 Å². The summed E-state index contributed by atoms with van der Waals surface area (Å²) in [5, 5.41) is 7.12. The molecule has 0 spiro atoms. The molecule has 0 atom stereocenters. The second-order valence-corrected chi connectivity index (χ2v) is 5.21. The van der Waals surface area contributed by atoms with E-state index < -0.39 is 0 Å². The second-order valence-electron chi connectivity index (χ2n) is 5.21. The van der Waals surface area contributed by atoms with Gasteiger partial charge in [-0.1, -0.05) is 23.8 Å². The fourth-order valence-corrected chi connectivity index (χ4v) is 2.45. The molecule has 0 bridgehead atoms. The zero-order valence-corrected chi connectivity index (χ0v) is 12.3. The Morgan fingerprint density at radius 2 is 1.68 bits per heavy atom. The van der Waals surface area contributed by atoms with Gasteiger partial charge in [0.2, 0.25) is 0 Å². The Bertz CT molecular complexity index is 912. The molecule has 0 radical (unpaired) electrons. The second kappa shape index (κ2) is 5.44. The van der Waals surface area contributed by atoms with Crippen molar-refractivity contribution in [2.24, 2.45) is 12.2 Å². The van der Waals surface area contributed by atoms with E-state index in [1.807, 2.05) is 37.3 Å². The van der Waals surface area contributed by atoms with Crippen LogP contribution in [0, 0.1) is 11.8 Å². The average molecular weight is 293 g/mol. The van der Waals surface area contributed by atoms with Gasteiger partial charge >= 0.3 is 0 Å². The van der Waals surface area contributed by atoms with Crippen LogP contribution in [0.15, 0.2) is 58.5 Å². The number of hydrogen-bond donors (Lipinski definition) is 1. The highest BCUT2D eigenvalue weighted by Gasteiger charge is 2.12. The van der Waals surface area contributed by atoms with Crippen molar-refractivity contribution in [3.8, 4) is 0 Å². The Morgan fingerprint density at radius 3 is 2.36 bits per heavy atom. The summed E-state index contributed by atoms with van der Waals surface area (Å²) < 4.78 is 1.44. The standard InChI is InChI=1S/C17H15N3O2/c1-11-3-7-13(8-4-11)18-14-9-5-12-6-10-15(21)20(2)17(12)16(14)19-22/h3-10,18H,1-2H3. The Morgan fingerprint density at radius 1 is 1.00 bits per heavy atom. The summed E-state index contributed by atoms with van der Waals surface area (Å²) in [7, 11) is 1.63. The monoisotopic (exact) mass is 293 g/mol. The van der Waals surface area contributed by atoms with Crippen LogP contribution in [-0.2, 0) is 7.05 Å². The van der Waals surface area contributed by atoms with Crippen molar-refractivity contribution in [3.63, 3.8) is 0 Å². The predicted octanol–water partition coefficient (Wildman–Crippen LogP) is 3.99. The molecule has 0 amide bonds. The molecule has 0 aliphatic heterocycles. The van der Waals surface area contributed by atoms with E-state index in [0.717, 1.165) is 16.6 Å². The van der Waals surface area contributed by atoms with Crippen molar-refractivity contribution in [1.29, 1.82) is 0 Å². The number of nitrogens with zero attached hydrogens (tertiary/aromatic N) is 2. The van der Waals surface area contributed by atoms with Crippen molar-refractivity contribution >= 4 is 28.0 Å². The van der Waals surface area contributed by atoms with E-state index in [4.69, 9.17) is 0 Å². The molecule has 22 heavy (non-hydrogen) atoms. The summed E-state index contributed by atoms with van der Waals surface area (Å²) in [6.07, 6.45) is 0. The maximum atomic E-state index is 11.8. The van der Waals surface area contributed by atoms with Gasteiger partial charge in [0.25, 0.3) is 5.56 Å². The Labute approximate surface area is 127 Å². The molecule has 1 aromatic heterocycles. The number of anilines is 2. The van der Waals surface area contributed by atoms with Gasteiger partial charge in [0.1, 0.15) is 0 Å². The molecule has 0 saturated carbocycles. The van der Waals surface area contributed by atoms with Gasteiger partial charge in [-0.15, -0.1) is 4.91 Å². The topological polar surface area (TPSA) is 63.5 Å². The fourth-order valence-electron chi connectivity index (χ4n) is 2.45. The van der Waals surface area contributed by atoms with Crippen LogP contribution < -0.4 is 10.9 Å². The van der Waals surface area contributed by atoms with Gasteiger partial charge in [-0.2, -0.15) is 0 Å². The van der Waals surface area contributed by atoms with Crippen molar-refractivity contribution in [2.75, 3.05) is 5.32 Å². The molecule has 1 N–H and O–H groups in total. The lowest BCUT2D eigenvalue weighted by molar-refractivity contribution is 0.906. The molecule has 3 rings (SSSR count). The molecule has 5 nitrogen and oxygen atoms in total. The molecule has 1 heterocycles. The first-order valence-corrected chi connectivity index (χ1v) is 6.90. The Kier molecular flexibility index (Phi) is 3.47. The minimum Gasteiger partial charge on any atom is -0.354 e. The number of benzene rings is 2. The van der Waals surface area contributed by atoms with Gasteiger partial charge < -0.3 is 9.88 Å². The first kappa shape index (κ1) is 14.0. The van der Waals surface area contributed by atoms with Crippen LogP contribution >= 0.6 is 0 Å². The molecule has 0 aliphatic rings. The van der Waals surface area contributed by atoms with E-state index in [1.54, 1.807) is 19.2 Å². The number of nitroso groups, excluding NO2 is 1. The summed E-state index contributed by atoms with van der Waals surface area (Å²) in [6.45, 7) is 2.01. The summed E-state index contributed by atoms with van der Waals surface area (Å²) in [5.74, 6) is 0. The van der Waals surface area contributed by atoms with E-state index in [2.05, 4.69) is 10.5 Å². The lowest BCUT2D eigenvalue weighted by Gasteiger charge is -2.12. The number of aryl methyl sites for hydroxylation is 2. The zero-order valence-electron chi connectivity index (χ0n) is 12.3. The number of fused-ring (bicyclic) bond motifs is 1. The number of nitrogens with one attached hydrogen (secondary N) is 1. The largest absolute Gasteiger partial charge is 0.354 e. The summed E-state index contributed by atoms with van der Waals surface area (Å²) >= 11 is 0. The van der Waals surface area contributed by atoms with Gasteiger partial charge in [0.15, 0.2) is 5.69 Å². The van der Waals surface area contributed by atoms with Crippen LogP contribution in [0.5, 0.6) is 0 Å². The molecule has 0 unspecified atom stereocenters. The quantitative estimate of drug-likeness (QED) is 0.743. The minimum atomic E-state index is -0.176. The smallest absolute Gasteiger partial charge is 0.250 e. The van der Waals surface area contributed by atoms with Gasteiger partial charge in [-0.3, -0.25) is 4.79 Å². The van der Waals surface area contributed by atoms with Crippen molar-refractivity contribution in [3.05, 3.63) is 69.4 Å². The van der Waals surface area contributed by atoms with E-state index in [1.165, 1.54) is 10.6 Å². The zero-order chi connectivity index (χ0) is 15.7. The van der Waals surface area contributed by atoms with Gasteiger partial charge in [0.05, 0.1) is 11.2 Å². The molecule has 2 aromatic carbocycles. The van der Waals surface area contributed by atoms with E-state index in [9.17, 15) is 9.70 Å². The molecule has 3 aromatic rings. The maximum Gasteiger partial charge on any atom is 0.250 e. The lowest BCUT2D eigenvalue weighted by Crippen LogP contribution is -2.15. The SMILES string of the molecule is Cc1ccc(Nc2ccc3ccc(=O)n(C)c3c2N=O)cc1.